The molecule has 2 aromatic rings. The lowest BCUT2D eigenvalue weighted by molar-refractivity contribution is -0.140. The van der Waals surface area contributed by atoms with Gasteiger partial charge in [0.25, 0.3) is 5.91 Å². The SMILES string of the molecule is COC(=O)Cc1csc(NC(=O)COc2ccc(C(F)(F)F)cc2)n1. The van der Waals surface area contributed by atoms with E-state index in [9.17, 15) is 22.8 Å². The number of esters is 1. The fraction of sp³-hybridized carbons (Fsp3) is 0.267. The summed E-state index contributed by atoms with van der Waals surface area (Å²) in [6.07, 6.45) is -4.44. The molecule has 0 saturated carbocycles. The van der Waals surface area contributed by atoms with Crippen LogP contribution in [-0.4, -0.2) is 30.6 Å². The molecule has 6 nitrogen and oxygen atoms in total. The number of rotatable bonds is 6. The Morgan fingerprint density at radius 1 is 1.24 bits per heavy atom. The van der Waals surface area contributed by atoms with Gasteiger partial charge in [-0.2, -0.15) is 13.2 Å². The summed E-state index contributed by atoms with van der Waals surface area (Å²) in [6.45, 7) is -0.392. The highest BCUT2D eigenvalue weighted by molar-refractivity contribution is 7.13. The summed E-state index contributed by atoms with van der Waals surface area (Å²) in [5.74, 6) is -0.846. The molecule has 0 spiro atoms. The number of hydrogen-bond acceptors (Lipinski definition) is 6. The van der Waals surface area contributed by atoms with Crippen molar-refractivity contribution in [1.82, 2.24) is 4.98 Å². The number of benzene rings is 1. The van der Waals surface area contributed by atoms with Gasteiger partial charge in [-0.1, -0.05) is 0 Å². The van der Waals surface area contributed by atoms with E-state index in [4.69, 9.17) is 4.74 Å². The molecule has 25 heavy (non-hydrogen) atoms. The molecule has 1 heterocycles. The third-order valence-electron chi connectivity index (χ3n) is 2.90. The number of hydrogen-bond donors (Lipinski definition) is 1. The van der Waals surface area contributed by atoms with Crippen LogP contribution in [0.1, 0.15) is 11.3 Å². The molecular formula is C15H13F3N2O4S. The maximum absolute atomic E-state index is 12.4. The van der Waals surface area contributed by atoms with Gasteiger partial charge in [-0.15, -0.1) is 11.3 Å². The summed E-state index contributed by atoms with van der Waals surface area (Å²) in [6, 6.07) is 4.00. The van der Waals surface area contributed by atoms with Gasteiger partial charge < -0.3 is 9.47 Å². The quantitative estimate of drug-likeness (QED) is 0.787. The Morgan fingerprint density at radius 2 is 1.92 bits per heavy atom. The topological polar surface area (TPSA) is 77.5 Å². The number of aromatic nitrogens is 1. The number of amides is 1. The molecule has 1 aromatic heterocycles. The van der Waals surface area contributed by atoms with Crippen LogP contribution in [0.2, 0.25) is 0 Å². The summed E-state index contributed by atoms with van der Waals surface area (Å²) in [5.41, 5.74) is -0.346. The van der Waals surface area contributed by atoms with E-state index < -0.39 is 30.2 Å². The molecule has 0 aliphatic rings. The summed E-state index contributed by atoms with van der Waals surface area (Å²) in [5, 5.41) is 4.35. The second-order valence-electron chi connectivity index (χ2n) is 4.76. The van der Waals surface area contributed by atoms with E-state index in [1.165, 1.54) is 7.11 Å². The molecule has 134 valence electrons. The minimum atomic E-state index is -4.43. The number of nitrogens with one attached hydrogen (secondary N) is 1. The van der Waals surface area contributed by atoms with Gasteiger partial charge in [0.05, 0.1) is 24.8 Å². The molecule has 10 heteroatoms. The molecule has 0 aliphatic heterocycles. The molecule has 2 rings (SSSR count). The van der Waals surface area contributed by atoms with Crippen LogP contribution in [-0.2, 0) is 26.9 Å². The Balaban J connectivity index is 1.83. The Hall–Kier alpha value is -2.62. The standard InChI is InChI=1S/C15H13F3N2O4S/c1-23-13(22)6-10-8-25-14(19-10)20-12(21)7-24-11-4-2-9(3-5-11)15(16,17)18/h2-5,8H,6-7H2,1H3,(H,19,20,21). The first-order valence-electron chi connectivity index (χ1n) is 6.89. The zero-order chi connectivity index (χ0) is 18.4. The van der Waals surface area contributed by atoms with Crippen LogP contribution in [0.5, 0.6) is 5.75 Å². The molecule has 0 saturated heterocycles. The lowest BCUT2D eigenvalue weighted by Gasteiger charge is -2.09. The Kier molecular flexibility index (Phi) is 5.97. The van der Waals surface area contributed by atoms with Crippen molar-refractivity contribution in [3.05, 3.63) is 40.9 Å². The van der Waals surface area contributed by atoms with Crippen molar-refractivity contribution >= 4 is 28.3 Å². The highest BCUT2D eigenvalue weighted by Gasteiger charge is 2.30. The van der Waals surface area contributed by atoms with Crippen molar-refractivity contribution in [2.75, 3.05) is 19.0 Å². The number of methoxy groups -OCH3 is 1. The fourth-order valence-corrected chi connectivity index (χ4v) is 2.44. The number of thiazole rings is 1. The number of anilines is 1. The number of carbonyl (C=O) groups excluding carboxylic acids is 2. The fourth-order valence-electron chi connectivity index (χ4n) is 1.71. The minimum Gasteiger partial charge on any atom is -0.484 e. The van der Waals surface area contributed by atoms with Gasteiger partial charge in [0.2, 0.25) is 0 Å². The summed E-state index contributed by atoms with van der Waals surface area (Å²) < 4.78 is 46.9. The summed E-state index contributed by atoms with van der Waals surface area (Å²) in [4.78, 5) is 26.9. The molecule has 0 unspecified atom stereocenters. The molecule has 0 radical (unpaired) electrons. The van der Waals surface area contributed by atoms with Crippen molar-refractivity contribution in [3.63, 3.8) is 0 Å². The molecular weight excluding hydrogens is 361 g/mol. The van der Waals surface area contributed by atoms with Gasteiger partial charge in [-0.25, -0.2) is 4.98 Å². The van der Waals surface area contributed by atoms with Gasteiger partial charge in [0, 0.05) is 5.38 Å². The van der Waals surface area contributed by atoms with Crippen molar-refractivity contribution in [3.8, 4) is 5.75 Å². The molecule has 1 N–H and O–H groups in total. The Bertz CT molecular complexity index is 744. The van der Waals surface area contributed by atoms with E-state index in [-0.39, 0.29) is 17.3 Å². The molecule has 0 fully saturated rings. The van der Waals surface area contributed by atoms with Crippen LogP contribution in [0.4, 0.5) is 18.3 Å². The predicted octanol–water partition coefficient (Wildman–Crippen LogP) is 2.89. The molecule has 0 bridgehead atoms. The first-order valence-corrected chi connectivity index (χ1v) is 7.77. The summed E-state index contributed by atoms with van der Waals surface area (Å²) in [7, 11) is 1.26. The predicted molar refractivity (Wildman–Crippen MR) is 83.4 cm³/mol. The van der Waals surface area contributed by atoms with E-state index in [1.807, 2.05) is 0 Å². The van der Waals surface area contributed by atoms with Crippen LogP contribution in [0, 0.1) is 0 Å². The molecule has 1 amide bonds. The Morgan fingerprint density at radius 3 is 2.52 bits per heavy atom. The van der Waals surface area contributed by atoms with Gasteiger partial charge >= 0.3 is 12.1 Å². The lowest BCUT2D eigenvalue weighted by Crippen LogP contribution is -2.20. The highest BCUT2D eigenvalue weighted by atomic mass is 32.1. The smallest absolute Gasteiger partial charge is 0.416 e. The van der Waals surface area contributed by atoms with Crippen molar-refractivity contribution in [2.45, 2.75) is 12.6 Å². The van der Waals surface area contributed by atoms with Crippen LogP contribution in [0.25, 0.3) is 0 Å². The minimum absolute atomic E-state index is 0.00900. The Labute approximate surface area is 144 Å². The maximum atomic E-state index is 12.4. The normalized spacial score (nSPS) is 11.0. The monoisotopic (exact) mass is 374 g/mol. The second kappa shape index (κ2) is 7.97. The van der Waals surface area contributed by atoms with Gasteiger partial charge in [-0.3, -0.25) is 14.9 Å². The number of halogens is 3. The van der Waals surface area contributed by atoms with Gasteiger partial charge in [-0.05, 0) is 24.3 Å². The largest absolute Gasteiger partial charge is 0.484 e. The second-order valence-corrected chi connectivity index (χ2v) is 5.61. The molecule has 1 aromatic carbocycles. The van der Waals surface area contributed by atoms with E-state index in [1.54, 1.807) is 5.38 Å². The zero-order valence-corrected chi connectivity index (χ0v) is 13.7. The van der Waals surface area contributed by atoms with E-state index in [0.29, 0.717) is 5.69 Å². The van der Waals surface area contributed by atoms with E-state index in [2.05, 4.69) is 15.0 Å². The number of nitrogens with zero attached hydrogens (tertiary/aromatic N) is 1. The van der Waals surface area contributed by atoms with Crippen LogP contribution in [0.3, 0.4) is 0 Å². The first kappa shape index (κ1) is 18.7. The highest BCUT2D eigenvalue weighted by Crippen LogP contribution is 2.30. The average molecular weight is 374 g/mol. The van der Waals surface area contributed by atoms with Crippen LogP contribution >= 0.6 is 11.3 Å². The third kappa shape index (κ3) is 5.75. The number of ether oxygens (including phenoxy) is 2. The first-order chi connectivity index (χ1) is 11.8. The van der Waals surface area contributed by atoms with Crippen molar-refractivity contribution < 1.29 is 32.2 Å². The van der Waals surface area contributed by atoms with Crippen molar-refractivity contribution in [1.29, 1.82) is 0 Å². The maximum Gasteiger partial charge on any atom is 0.416 e. The van der Waals surface area contributed by atoms with Gasteiger partial charge in [0.1, 0.15) is 5.75 Å². The number of alkyl halides is 3. The van der Waals surface area contributed by atoms with E-state index in [0.717, 1.165) is 35.6 Å². The lowest BCUT2D eigenvalue weighted by atomic mass is 10.2. The molecule has 0 aliphatic carbocycles. The van der Waals surface area contributed by atoms with Gasteiger partial charge in [0.15, 0.2) is 11.7 Å². The summed E-state index contributed by atoms with van der Waals surface area (Å²) >= 11 is 1.13. The average Bonchev–Trinajstić information content (AvgIpc) is 2.99. The number of carbonyl (C=O) groups is 2. The van der Waals surface area contributed by atoms with E-state index >= 15 is 0 Å². The zero-order valence-electron chi connectivity index (χ0n) is 12.9. The molecule has 0 atom stereocenters. The van der Waals surface area contributed by atoms with Crippen molar-refractivity contribution in [2.24, 2.45) is 0 Å². The third-order valence-corrected chi connectivity index (χ3v) is 3.71. The van der Waals surface area contributed by atoms with Crippen LogP contribution in [0.15, 0.2) is 29.6 Å². The van der Waals surface area contributed by atoms with Crippen LogP contribution < -0.4 is 10.1 Å².